The van der Waals surface area contributed by atoms with Crippen LogP contribution in [0.3, 0.4) is 0 Å². The lowest BCUT2D eigenvalue weighted by Crippen LogP contribution is -2.44. The molecule has 114 valence electrons. The molecule has 0 aliphatic rings. The Morgan fingerprint density at radius 2 is 1.86 bits per heavy atom. The van der Waals surface area contributed by atoms with Gasteiger partial charge in [0.15, 0.2) is 6.61 Å². The molecule has 0 aliphatic heterocycles. The van der Waals surface area contributed by atoms with E-state index in [1.807, 2.05) is 13.8 Å². The third kappa shape index (κ3) is 6.40. The van der Waals surface area contributed by atoms with Crippen LogP contribution >= 0.6 is 15.9 Å². The maximum Gasteiger partial charge on any atom is 0.338 e. The topological polar surface area (TPSA) is 84.5 Å². The average molecular weight is 357 g/mol. The van der Waals surface area contributed by atoms with Crippen LogP contribution in [0.1, 0.15) is 30.6 Å². The number of urea groups is 1. The minimum absolute atomic E-state index is 0.0388. The second-order valence-corrected chi connectivity index (χ2v) is 5.33. The number of ether oxygens (including phenoxy) is 1. The maximum absolute atomic E-state index is 11.7. The van der Waals surface area contributed by atoms with Crippen LogP contribution in [-0.2, 0) is 9.53 Å². The summed E-state index contributed by atoms with van der Waals surface area (Å²) in [5.74, 6) is -1.30. The number of nitrogens with one attached hydrogen (secondary N) is 2. The summed E-state index contributed by atoms with van der Waals surface area (Å²) < 4.78 is 5.65. The molecule has 1 atom stereocenters. The fraction of sp³-hybridized carbons (Fsp3) is 0.357. The van der Waals surface area contributed by atoms with E-state index in [0.717, 1.165) is 10.9 Å². The molecular formula is C14H17BrN2O4. The normalized spacial score (nSPS) is 11.4. The molecular weight excluding hydrogens is 340 g/mol. The zero-order chi connectivity index (χ0) is 15.8. The van der Waals surface area contributed by atoms with Crippen molar-refractivity contribution >= 4 is 33.8 Å². The Hall–Kier alpha value is -1.89. The van der Waals surface area contributed by atoms with Crippen molar-refractivity contribution in [2.24, 2.45) is 0 Å². The number of imide groups is 1. The number of rotatable bonds is 5. The van der Waals surface area contributed by atoms with E-state index in [0.29, 0.717) is 5.56 Å². The number of carbonyl (C=O) groups excluding carboxylic acids is 3. The van der Waals surface area contributed by atoms with Crippen LogP contribution in [-0.4, -0.2) is 30.6 Å². The third-order valence-electron chi connectivity index (χ3n) is 2.66. The number of hydrogen-bond acceptors (Lipinski definition) is 4. The third-order valence-corrected chi connectivity index (χ3v) is 3.19. The highest BCUT2D eigenvalue weighted by Crippen LogP contribution is 2.11. The molecule has 0 heterocycles. The molecule has 0 spiro atoms. The number of amides is 3. The lowest BCUT2D eigenvalue weighted by atomic mass is 10.2. The van der Waals surface area contributed by atoms with Gasteiger partial charge in [0.1, 0.15) is 0 Å². The molecule has 2 N–H and O–H groups in total. The molecule has 0 radical (unpaired) electrons. The largest absolute Gasteiger partial charge is 0.452 e. The van der Waals surface area contributed by atoms with E-state index in [1.54, 1.807) is 24.3 Å². The minimum atomic E-state index is -0.679. The Kier molecular flexibility index (Phi) is 6.87. The van der Waals surface area contributed by atoms with Gasteiger partial charge < -0.3 is 10.1 Å². The van der Waals surface area contributed by atoms with Crippen LogP contribution in [0.4, 0.5) is 4.79 Å². The summed E-state index contributed by atoms with van der Waals surface area (Å²) in [6, 6.07) is 5.88. The Balaban J connectivity index is 2.37. The first kappa shape index (κ1) is 17.2. The fourth-order valence-corrected chi connectivity index (χ4v) is 1.59. The number of benzene rings is 1. The number of carbonyl (C=O) groups is 3. The molecule has 6 nitrogen and oxygen atoms in total. The van der Waals surface area contributed by atoms with Gasteiger partial charge in [-0.05, 0) is 37.6 Å². The summed E-state index contributed by atoms with van der Waals surface area (Å²) in [6.07, 6.45) is 0.750. The minimum Gasteiger partial charge on any atom is -0.452 e. The van der Waals surface area contributed by atoms with Gasteiger partial charge in [-0.2, -0.15) is 0 Å². The molecule has 0 saturated carbocycles. The molecule has 21 heavy (non-hydrogen) atoms. The Labute approximate surface area is 131 Å². The first-order valence-electron chi connectivity index (χ1n) is 6.45. The van der Waals surface area contributed by atoms with E-state index in [1.165, 1.54) is 0 Å². The summed E-state index contributed by atoms with van der Waals surface area (Å²) >= 11 is 3.25. The van der Waals surface area contributed by atoms with E-state index in [9.17, 15) is 14.4 Å². The summed E-state index contributed by atoms with van der Waals surface area (Å²) in [4.78, 5) is 34.5. The number of halogens is 1. The molecule has 0 saturated heterocycles. The van der Waals surface area contributed by atoms with Gasteiger partial charge in [-0.15, -0.1) is 0 Å². The van der Waals surface area contributed by atoms with Gasteiger partial charge in [-0.25, -0.2) is 9.59 Å². The zero-order valence-electron chi connectivity index (χ0n) is 11.8. The van der Waals surface area contributed by atoms with Gasteiger partial charge in [-0.3, -0.25) is 10.1 Å². The molecule has 7 heteroatoms. The van der Waals surface area contributed by atoms with E-state index < -0.39 is 24.5 Å². The fourth-order valence-electron chi connectivity index (χ4n) is 1.33. The van der Waals surface area contributed by atoms with Crippen molar-refractivity contribution in [2.75, 3.05) is 6.61 Å². The smallest absolute Gasteiger partial charge is 0.338 e. The van der Waals surface area contributed by atoms with Crippen LogP contribution in [0, 0.1) is 0 Å². The maximum atomic E-state index is 11.7. The lowest BCUT2D eigenvalue weighted by Gasteiger charge is -2.11. The van der Waals surface area contributed by atoms with Gasteiger partial charge in [0.25, 0.3) is 5.91 Å². The average Bonchev–Trinajstić information content (AvgIpc) is 2.45. The highest BCUT2D eigenvalue weighted by atomic mass is 79.9. The summed E-state index contributed by atoms with van der Waals surface area (Å²) in [5, 5.41) is 4.66. The second kappa shape index (κ2) is 8.41. The van der Waals surface area contributed by atoms with Crippen molar-refractivity contribution in [2.45, 2.75) is 26.3 Å². The summed E-state index contributed by atoms with van der Waals surface area (Å²) in [7, 11) is 0. The molecule has 0 bridgehead atoms. The van der Waals surface area contributed by atoms with Crippen molar-refractivity contribution < 1.29 is 19.1 Å². The van der Waals surface area contributed by atoms with Crippen LogP contribution in [0.2, 0.25) is 0 Å². The molecule has 0 aromatic heterocycles. The van der Waals surface area contributed by atoms with Crippen molar-refractivity contribution in [1.82, 2.24) is 10.6 Å². The molecule has 3 amide bonds. The van der Waals surface area contributed by atoms with Crippen molar-refractivity contribution in [3.63, 3.8) is 0 Å². The van der Waals surface area contributed by atoms with Gasteiger partial charge in [0.05, 0.1) is 5.56 Å². The first-order valence-corrected chi connectivity index (χ1v) is 7.24. The van der Waals surface area contributed by atoms with Crippen LogP contribution < -0.4 is 10.6 Å². The van der Waals surface area contributed by atoms with E-state index in [-0.39, 0.29) is 6.04 Å². The second-order valence-electron chi connectivity index (χ2n) is 4.41. The molecule has 1 aromatic rings. The quantitative estimate of drug-likeness (QED) is 0.792. The monoisotopic (exact) mass is 356 g/mol. The van der Waals surface area contributed by atoms with E-state index in [4.69, 9.17) is 4.74 Å². The van der Waals surface area contributed by atoms with Crippen molar-refractivity contribution in [1.29, 1.82) is 0 Å². The van der Waals surface area contributed by atoms with Crippen molar-refractivity contribution in [3.05, 3.63) is 34.3 Å². The Morgan fingerprint density at radius 3 is 2.43 bits per heavy atom. The Morgan fingerprint density at radius 1 is 1.24 bits per heavy atom. The molecule has 0 fully saturated rings. The van der Waals surface area contributed by atoms with Crippen molar-refractivity contribution in [3.8, 4) is 0 Å². The van der Waals surface area contributed by atoms with Crippen LogP contribution in [0.25, 0.3) is 0 Å². The number of esters is 1. The highest BCUT2D eigenvalue weighted by molar-refractivity contribution is 9.10. The van der Waals surface area contributed by atoms with E-state index >= 15 is 0 Å². The predicted octanol–water partition coefficient (Wildman–Crippen LogP) is 2.23. The molecule has 1 aromatic carbocycles. The van der Waals surface area contributed by atoms with Crippen LogP contribution in [0.15, 0.2) is 28.7 Å². The molecule has 0 aliphatic carbocycles. The van der Waals surface area contributed by atoms with Gasteiger partial charge in [-0.1, -0.05) is 22.9 Å². The summed E-state index contributed by atoms with van der Waals surface area (Å²) in [5.41, 5.74) is 0.329. The van der Waals surface area contributed by atoms with Crippen LogP contribution in [0.5, 0.6) is 0 Å². The first-order chi connectivity index (χ1) is 9.92. The highest BCUT2D eigenvalue weighted by Gasteiger charge is 2.13. The number of hydrogen-bond donors (Lipinski definition) is 2. The van der Waals surface area contributed by atoms with Gasteiger partial charge in [0, 0.05) is 10.5 Å². The zero-order valence-corrected chi connectivity index (χ0v) is 13.4. The van der Waals surface area contributed by atoms with Gasteiger partial charge in [0.2, 0.25) is 0 Å². The van der Waals surface area contributed by atoms with E-state index in [2.05, 4.69) is 26.6 Å². The predicted molar refractivity (Wildman–Crippen MR) is 80.9 cm³/mol. The SMILES string of the molecule is CC[C@@H](C)NC(=O)NC(=O)COC(=O)c1ccc(Br)cc1. The lowest BCUT2D eigenvalue weighted by molar-refractivity contribution is -0.123. The van der Waals surface area contributed by atoms with Gasteiger partial charge >= 0.3 is 12.0 Å². The standard InChI is InChI=1S/C14H17BrN2O4/c1-3-9(2)16-14(20)17-12(18)8-21-13(19)10-4-6-11(15)7-5-10/h4-7,9H,3,8H2,1-2H3,(H2,16,17,18,20)/t9-/m1/s1. The molecule has 1 rings (SSSR count). The summed E-state index contributed by atoms with van der Waals surface area (Å²) in [6.45, 7) is 3.22. The Bertz CT molecular complexity index is 516. The molecule has 0 unspecified atom stereocenters.